The quantitative estimate of drug-likeness (QED) is 0.907. The summed E-state index contributed by atoms with van der Waals surface area (Å²) in [5.74, 6) is -0.298. The minimum Gasteiger partial charge on any atom is -0.495 e. The van der Waals surface area contributed by atoms with E-state index in [2.05, 4.69) is 4.98 Å². The maximum Gasteiger partial charge on any atom is 0.303 e. The third-order valence-electron chi connectivity index (χ3n) is 3.29. The monoisotopic (exact) mass is 305 g/mol. The van der Waals surface area contributed by atoms with Crippen molar-refractivity contribution >= 4 is 17.6 Å². The highest BCUT2D eigenvalue weighted by Gasteiger charge is 2.12. The Kier molecular flexibility index (Phi) is 4.81. The number of carbonyl (C=O) groups is 1. The van der Waals surface area contributed by atoms with Gasteiger partial charge >= 0.3 is 5.97 Å². The van der Waals surface area contributed by atoms with E-state index in [0.717, 1.165) is 16.7 Å². The van der Waals surface area contributed by atoms with Crippen molar-refractivity contribution < 1.29 is 14.6 Å². The van der Waals surface area contributed by atoms with Crippen molar-refractivity contribution in [2.24, 2.45) is 0 Å². The van der Waals surface area contributed by atoms with Gasteiger partial charge in [0.2, 0.25) is 0 Å². The zero-order chi connectivity index (χ0) is 15.4. The molecule has 4 nitrogen and oxygen atoms in total. The molecule has 0 fully saturated rings. The summed E-state index contributed by atoms with van der Waals surface area (Å²) >= 11 is 6.13. The van der Waals surface area contributed by atoms with E-state index in [-0.39, 0.29) is 12.3 Å². The average molecular weight is 306 g/mol. The third kappa shape index (κ3) is 3.73. The Balaban J connectivity index is 2.32. The van der Waals surface area contributed by atoms with Crippen LogP contribution in [0.1, 0.15) is 24.8 Å². The van der Waals surface area contributed by atoms with Gasteiger partial charge in [-0.3, -0.25) is 9.78 Å². The number of rotatable bonds is 5. The molecule has 110 valence electrons. The van der Waals surface area contributed by atoms with Crippen LogP contribution < -0.4 is 4.74 Å². The Morgan fingerprint density at radius 3 is 2.71 bits per heavy atom. The van der Waals surface area contributed by atoms with Crippen LogP contribution in [0.5, 0.6) is 5.75 Å². The summed E-state index contributed by atoms with van der Waals surface area (Å²) in [6, 6.07) is 7.44. The predicted octanol–water partition coefficient (Wildman–Crippen LogP) is 3.99. The van der Waals surface area contributed by atoms with E-state index in [0.29, 0.717) is 10.8 Å². The number of aromatic nitrogens is 1. The zero-order valence-electron chi connectivity index (χ0n) is 11.8. The number of aliphatic carboxylic acids is 1. The highest BCUT2D eigenvalue weighted by molar-refractivity contribution is 6.32. The topological polar surface area (TPSA) is 59.4 Å². The van der Waals surface area contributed by atoms with Crippen molar-refractivity contribution in [3.8, 4) is 16.9 Å². The number of hydrogen-bond acceptors (Lipinski definition) is 3. The zero-order valence-corrected chi connectivity index (χ0v) is 12.6. The van der Waals surface area contributed by atoms with E-state index in [1.807, 2.05) is 25.1 Å². The molecule has 2 aromatic rings. The van der Waals surface area contributed by atoms with Crippen LogP contribution in [0.3, 0.4) is 0 Å². The van der Waals surface area contributed by atoms with Crippen LogP contribution in [0.25, 0.3) is 11.1 Å². The van der Waals surface area contributed by atoms with Gasteiger partial charge in [-0.15, -0.1) is 0 Å². The van der Waals surface area contributed by atoms with Crippen molar-refractivity contribution in [2.45, 2.75) is 19.3 Å². The van der Waals surface area contributed by atoms with Crippen molar-refractivity contribution in [2.75, 3.05) is 7.11 Å². The smallest absolute Gasteiger partial charge is 0.303 e. The molecule has 0 aliphatic heterocycles. The number of carboxylic acids is 1. The number of halogens is 1. The fourth-order valence-corrected chi connectivity index (χ4v) is 2.37. The molecule has 0 aliphatic rings. The minimum atomic E-state index is -0.819. The Hall–Kier alpha value is -2.07. The lowest BCUT2D eigenvalue weighted by molar-refractivity contribution is -0.137. The van der Waals surface area contributed by atoms with Crippen LogP contribution in [0, 0.1) is 0 Å². The van der Waals surface area contributed by atoms with Gasteiger partial charge < -0.3 is 9.84 Å². The summed E-state index contributed by atoms with van der Waals surface area (Å²) in [6.07, 6.45) is 3.51. The van der Waals surface area contributed by atoms with Gasteiger partial charge in [0.05, 0.1) is 18.6 Å². The van der Waals surface area contributed by atoms with E-state index >= 15 is 0 Å². The number of benzene rings is 1. The maximum atomic E-state index is 10.8. The van der Waals surface area contributed by atoms with Crippen LogP contribution in [0.15, 0.2) is 36.7 Å². The molecule has 21 heavy (non-hydrogen) atoms. The van der Waals surface area contributed by atoms with Crippen LogP contribution in [0.2, 0.25) is 5.02 Å². The number of hydrogen-bond donors (Lipinski definition) is 1. The lowest BCUT2D eigenvalue weighted by Gasteiger charge is -2.11. The second-order valence-electron chi connectivity index (χ2n) is 4.86. The lowest BCUT2D eigenvalue weighted by atomic mass is 9.96. The normalized spacial score (nSPS) is 12.0. The van der Waals surface area contributed by atoms with Crippen molar-refractivity contribution in [3.05, 3.63) is 47.2 Å². The molecule has 0 bridgehead atoms. The van der Waals surface area contributed by atoms with Crippen LogP contribution >= 0.6 is 11.6 Å². The van der Waals surface area contributed by atoms with E-state index in [4.69, 9.17) is 21.4 Å². The summed E-state index contributed by atoms with van der Waals surface area (Å²) < 4.78 is 5.13. The molecule has 0 spiro atoms. The summed E-state index contributed by atoms with van der Waals surface area (Å²) in [4.78, 5) is 15.0. The molecule has 0 aliphatic carbocycles. The number of nitrogens with zero attached hydrogens (tertiary/aromatic N) is 1. The third-order valence-corrected chi connectivity index (χ3v) is 3.59. The molecule has 0 saturated heterocycles. The first-order valence-corrected chi connectivity index (χ1v) is 6.89. The van der Waals surface area contributed by atoms with Gasteiger partial charge in [0, 0.05) is 18.0 Å². The Morgan fingerprint density at radius 2 is 2.10 bits per heavy atom. The molecule has 1 aromatic carbocycles. The first kappa shape index (κ1) is 15.3. The molecule has 1 heterocycles. The fourth-order valence-electron chi connectivity index (χ4n) is 2.11. The number of methoxy groups -OCH3 is 1. The molecular weight excluding hydrogens is 290 g/mol. The highest BCUT2D eigenvalue weighted by atomic mass is 35.5. The second-order valence-corrected chi connectivity index (χ2v) is 5.26. The van der Waals surface area contributed by atoms with Gasteiger partial charge in [-0.2, -0.15) is 0 Å². The summed E-state index contributed by atoms with van der Waals surface area (Å²) in [5.41, 5.74) is 2.70. The van der Waals surface area contributed by atoms with Gasteiger partial charge in [0.15, 0.2) is 0 Å². The molecule has 0 amide bonds. The van der Waals surface area contributed by atoms with Crippen molar-refractivity contribution in [3.63, 3.8) is 0 Å². The molecule has 0 radical (unpaired) electrons. The van der Waals surface area contributed by atoms with Gasteiger partial charge in [0.25, 0.3) is 0 Å². The van der Waals surface area contributed by atoms with E-state index in [1.165, 1.54) is 0 Å². The Labute approximate surface area is 128 Å². The molecular formula is C16H16ClNO3. The van der Waals surface area contributed by atoms with Gasteiger partial charge in [-0.05, 0) is 35.2 Å². The Bertz CT molecular complexity index is 658. The van der Waals surface area contributed by atoms with Crippen LogP contribution in [-0.2, 0) is 4.79 Å². The van der Waals surface area contributed by atoms with Gasteiger partial charge in [-0.1, -0.05) is 24.6 Å². The summed E-state index contributed by atoms with van der Waals surface area (Å²) in [5, 5.41) is 9.40. The highest BCUT2D eigenvalue weighted by Crippen LogP contribution is 2.31. The molecule has 0 saturated carbocycles. The molecule has 1 aromatic heterocycles. The lowest BCUT2D eigenvalue weighted by Crippen LogP contribution is -2.03. The van der Waals surface area contributed by atoms with E-state index < -0.39 is 5.97 Å². The fraction of sp³-hybridized carbons (Fsp3) is 0.250. The van der Waals surface area contributed by atoms with Crippen molar-refractivity contribution in [1.82, 2.24) is 4.98 Å². The van der Waals surface area contributed by atoms with E-state index in [1.54, 1.807) is 25.6 Å². The van der Waals surface area contributed by atoms with Crippen LogP contribution in [-0.4, -0.2) is 23.2 Å². The Morgan fingerprint density at radius 1 is 1.33 bits per heavy atom. The average Bonchev–Trinajstić information content (AvgIpc) is 2.46. The number of ether oxygens (including phenoxy) is 1. The maximum absolute atomic E-state index is 10.8. The molecule has 1 unspecified atom stereocenters. The van der Waals surface area contributed by atoms with Gasteiger partial charge in [-0.25, -0.2) is 0 Å². The summed E-state index contributed by atoms with van der Waals surface area (Å²) in [6.45, 7) is 1.87. The minimum absolute atomic E-state index is 0.0779. The number of pyridine rings is 1. The largest absolute Gasteiger partial charge is 0.495 e. The second kappa shape index (κ2) is 6.59. The first-order chi connectivity index (χ1) is 10.0. The molecule has 5 heteroatoms. The van der Waals surface area contributed by atoms with Crippen molar-refractivity contribution in [1.29, 1.82) is 0 Å². The SMILES string of the molecule is COc1ccc(-c2cncc(C(C)CC(=O)O)c2)cc1Cl. The summed E-state index contributed by atoms with van der Waals surface area (Å²) in [7, 11) is 1.57. The first-order valence-electron chi connectivity index (χ1n) is 6.52. The van der Waals surface area contributed by atoms with Crippen LogP contribution in [0.4, 0.5) is 0 Å². The van der Waals surface area contributed by atoms with Gasteiger partial charge in [0.1, 0.15) is 5.75 Å². The predicted molar refractivity (Wildman–Crippen MR) is 81.9 cm³/mol. The molecule has 2 rings (SSSR count). The molecule has 1 N–H and O–H groups in total. The number of carboxylic acid groups (broad SMARTS) is 1. The van der Waals surface area contributed by atoms with E-state index in [9.17, 15) is 4.79 Å². The molecule has 1 atom stereocenters. The standard InChI is InChI=1S/C16H16ClNO3/c1-10(5-16(19)20)12-6-13(9-18-8-12)11-3-4-15(21-2)14(17)7-11/h3-4,6-10H,5H2,1-2H3,(H,19,20).